The van der Waals surface area contributed by atoms with Gasteiger partial charge in [0.15, 0.2) is 6.10 Å². The zero-order valence-electron chi connectivity index (χ0n) is 22.9. The van der Waals surface area contributed by atoms with Crippen LogP contribution in [0.2, 0.25) is 0 Å². The van der Waals surface area contributed by atoms with Gasteiger partial charge in [0, 0.05) is 48.7 Å². The maximum absolute atomic E-state index is 14.0. The van der Waals surface area contributed by atoms with E-state index in [2.05, 4.69) is 9.98 Å². The lowest BCUT2D eigenvalue weighted by Gasteiger charge is -2.32. The quantitative estimate of drug-likeness (QED) is 0.217. The van der Waals surface area contributed by atoms with Crippen LogP contribution in [0.4, 0.5) is 5.69 Å². The molecule has 2 heterocycles. The van der Waals surface area contributed by atoms with Crippen LogP contribution in [0.15, 0.2) is 89.2 Å². The molecule has 3 aromatic rings. The number of hydrogen-bond donors (Lipinski definition) is 1. The van der Waals surface area contributed by atoms with Gasteiger partial charge in [-0.15, -0.1) is 0 Å². The van der Waals surface area contributed by atoms with Gasteiger partial charge in [-0.25, -0.2) is 4.79 Å². The second kappa shape index (κ2) is 12.5. The smallest absolute Gasteiger partial charge is 0.337 e. The van der Waals surface area contributed by atoms with Crippen LogP contribution in [0, 0.1) is 16.0 Å². The summed E-state index contributed by atoms with van der Waals surface area (Å²) in [4.78, 5) is 47.6. The predicted octanol–water partition coefficient (Wildman–Crippen LogP) is 4.96. The van der Waals surface area contributed by atoms with Crippen molar-refractivity contribution in [1.82, 2.24) is 9.88 Å². The molecule has 4 rings (SSSR count). The minimum absolute atomic E-state index is 0.154. The molecular weight excluding hydrogens is 512 g/mol. The first-order chi connectivity index (χ1) is 19.2. The Kier molecular flexibility index (Phi) is 8.90. The van der Waals surface area contributed by atoms with Crippen LogP contribution >= 0.6 is 0 Å². The van der Waals surface area contributed by atoms with Gasteiger partial charge in [-0.3, -0.25) is 24.8 Å². The van der Waals surface area contributed by atoms with E-state index in [0.717, 1.165) is 5.56 Å². The second-order valence-corrected chi connectivity index (χ2v) is 9.78. The van der Waals surface area contributed by atoms with Crippen LogP contribution in [0.3, 0.4) is 0 Å². The Morgan fingerprint density at radius 3 is 2.50 bits per heavy atom. The number of nitro groups is 1. The summed E-state index contributed by atoms with van der Waals surface area (Å²) in [5.74, 6) is -3.10. The third kappa shape index (κ3) is 6.35. The van der Waals surface area contributed by atoms with E-state index >= 15 is 0 Å². The number of benzene rings is 2. The highest BCUT2D eigenvalue weighted by Crippen LogP contribution is 2.41. The number of methoxy groups -OCH3 is 1. The number of nitro benzene ring substituents is 1. The molecule has 1 aliphatic rings. The molecule has 3 atom stereocenters. The maximum Gasteiger partial charge on any atom is 0.337 e. The highest BCUT2D eigenvalue weighted by atomic mass is 16.6. The number of carbonyl (C=O) groups excluding carboxylic acids is 2. The number of likely N-dealkylation sites (N-methyl/N-ethyl adjacent to an activating group) is 1. The lowest BCUT2D eigenvalue weighted by atomic mass is 9.75. The lowest BCUT2D eigenvalue weighted by Crippen LogP contribution is -2.37. The van der Waals surface area contributed by atoms with Gasteiger partial charge in [-0.05, 0) is 44.2 Å². The van der Waals surface area contributed by atoms with Gasteiger partial charge in [0.1, 0.15) is 5.92 Å². The number of H-pyrrole nitrogens is 1. The van der Waals surface area contributed by atoms with Crippen molar-refractivity contribution >= 4 is 23.3 Å². The first-order valence-electron chi connectivity index (χ1n) is 12.8. The molecule has 3 unspecified atom stereocenters. The monoisotopic (exact) mass is 544 g/mol. The van der Waals surface area contributed by atoms with Crippen LogP contribution in [-0.4, -0.2) is 53.2 Å². The molecule has 0 radical (unpaired) electrons. The number of nitrogens with zero attached hydrogens (tertiary/aromatic N) is 3. The number of esters is 2. The summed E-state index contributed by atoms with van der Waals surface area (Å²) >= 11 is 0. The molecular formula is C30H32N4O6. The Morgan fingerprint density at radius 2 is 1.85 bits per heavy atom. The van der Waals surface area contributed by atoms with Crippen LogP contribution < -0.4 is 0 Å². The molecule has 40 heavy (non-hydrogen) atoms. The van der Waals surface area contributed by atoms with Crippen LogP contribution in [0.5, 0.6) is 0 Å². The summed E-state index contributed by atoms with van der Waals surface area (Å²) in [5.41, 5.74) is 3.07. The summed E-state index contributed by atoms with van der Waals surface area (Å²) in [5, 5.41) is 11.5. The van der Waals surface area contributed by atoms with E-state index < -0.39 is 34.8 Å². The Hall–Kier alpha value is -4.57. The van der Waals surface area contributed by atoms with E-state index in [0.29, 0.717) is 35.8 Å². The van der Waals surface area contributed by atoms with Crippen molar-refractivity contribution in [3.05, 3.63) is 111 Å². The molecule has 0 bridgehead atoms. The number of aromatic amines is 1. The number of allylic oxidation sites excluding steroid dienone is 1. The number of hydrogen-bond acceptors (Lipinski definition) is 8. The topological polar surface area (TPSA) is 127 Å². The second-order valence-electron chi connectivity index (χ2n) is 9.78. The van der Waals surface area contributed by atoms with E-state index in [1.807, 2.05) is 54.4 Å². The van der Waals surface area contributed by atoms with Crippen LogP contribution in [-0.2, 0) is 25.6 Å². The SMILES string of the molecule is COC(=O)C1C(C)=NC(C)=C(C(=O)OC(CN(C)Cc2ccccc2)c2ccc[nH]2)C1c1cccc([N+](=O)[O-])c1. The zero-order chi connectivity index (χ0) is 28.8. The van der Waals surface area contributed by atoms with E-state index in [4.69, 9.17) is 9.47 Å². The fourth-order valence-corrected chi connectivity index (χ4v) is 5.11. The molecule has 0 amide bonds. The first-order valence-corrected chi connectivity index (χ1v) is 12.8. The molecule has 1 aliphatic heterocycles. The van der Waals surface area contributed by atoms with Crippen molar-refractivity contribution < 1.29 is 24.0 Å². The normalized spacial score (nSPS) is 17.8. The highest BCUT2D eigenvalue weighted by molar-refractivity contribution is 6.07. The number of nitrogens with one attached hydrogen (secondary N) is 1. The Morgan fingerprint density at radius 1 is 1.10 bits per heavy atom. The largest absolute Gasteiger partial charge is 0.468 e. The summed E-state index contributed by atoms with van der Waals surface area (Å²) in [6.45, 7) is 4.38. The van der Waals surface area contributed by atoms with E-state index in [1.165, 1.54) is 25.3 Å². The van der Waals surface area contributed by atoms with Crippen molar-refractivity contribution in [3.63, 3.8) is 0 Å². The van der Waals surface area contributed by atoms with Crippen molar-refractivity contribution in [2.45, 2.75) is 32.4 Å². The molecule has 0 aliphatic carbocycles. The minimum Gasteiger partial charge on any atom is -0.468 e. The van der Waals surface area contributed by atoms with E-state index in [1.54, 1.807) is 26.1 Å². The van der Waals surface area contributed by atoms with E-state index in [-0.39, 0.29) is 11.3 Å². The molecule has 0 fully saturated rings. The van der Waals surface area contributed by atoms with Crippen LogP contribution in [0.25, 0.3) is 0 Å². The van der Waals surface area contributed by atoms with Gasteiger partial charge >= 0.3 is 11.9 Å². The van der Waals surface area contributed by atoms with Crippen molar-refractivity contribution in [2.24, 2.45) is 10.9 Å². The minimum atomic E-state index is -0.956. The zero-order valence-corrected chi connectivity index (χ0v) is 22.9. The lowest BCUT2D eigenvalue weighted by molar-refractivity contribution is -0.384. The summed E-state index contributed by atoms with van der Waals surface area (Å²) < 4.78 is 11.2. The van der Waals surface area contributed by atoms with Gasteiger partial charge in [-0.1, -0.05) is 42.5 Å². The average molecular weight is 545 g/mol. The van der Waals surface area contributed by atoms with Gasteiger partial charge in [0.05, 0.1) is 23.3 Å². The van der Waals surface area contributed by atoms with Gasteiger partial charge in [-0.2, -0.15) is 0 Å². The first kappa shape index (κ1) is 28.4. The number of aromatic nitrogens is 1. The number of aliphatic imine (C=N–C) groups is 1. The highest BCUT2D eigenvalue weighted by Gasteiger charge is 2.43. The number of non-ortho nitro benzene ring substituents is 1. The molecule has 0 saturated carbocycles. The third-order valence-electron chi connectivity index (χ3n) is 6.93. The maximum atomic E-state index is 14.0. The average Bonchev–Trinajstić information content (AvgIpc) is 3.47. The third-order valence-corrected chi connectivity index (χ3v) is 6.93. The number of rotatable bonds is 10. The fraction of sp³-hybridized carbons (Fsp3) is 0.300. The Bertz CT molecular complexity index is 1430. The van der Waals surface area contributed by atoms with Gasteiger partial charge in [0.25, 0.3) is 5.69 Å². The molecule has 208 valence electrons. The summed E-state index contributed by atoms with van der Waals surface area (Å²) in [7, 11) is 3.20. The Balaban J connectivity index is 1.69. The van der Waals surface area contributed by atoms with Crippen LogP contribution in [0.1, 0.15) is 42.7 Å². The van der Waals surface area contributed by atoms with Crippen molar-refractivity contribution in [2.75, 3.05) is 20.7 Å². The van der Waals surface area contributed by atoms with Crippen molar-refractivity contribution in [1.29, 1.82) is 0 Å². The molecule has 10 nitrogen and oxygen atoms in total. The number of ether oxygens (including phenoxy) is 2. The molecule has 0 spiro atoms. The molecule has 1 N–H and O–H groups in total. The Labute approximate surface area is 232 Å². The molecule has 2 aromatic carbocycles. The number of carbonyl (C=O) groups is 2. The predicted molar refractivity (Wildman–Crippen MR) is 150 cm³/mol. The molecule has 10 heteroatoms. The fourth-order valence-electron chi connectivity index (χ4n) is 5.11. The van der Waals surface area contributed by atoms with Gasteiger partial charge < -0.3 is 14.5 Å². The summed E-state index contributed by atoms with van der Waals surface area (Å²) in [6.07, 6.45) is 1.09. The van der Waals surface area contributed by atoms with E-state index in [9.17, 15) is 19.7 Å². The molecule has 1 aromatic heterocycles. The summed E-state index contributed by atoms with van der Waals surface area (Å²) in [6, 6.07) is 19.5. The standard InChI is InChI=1S/C30H32N4O6/c1-19-26(29(35)39-4)28(22-12-8-13-23(16-22)34(37)38)27(20(2)32-19)30(36)40-25(24-14-9-15-31-24)18-33(3)17-21-10-6-5-7-11-21/h5-16,25-26,28,31H,17-18H2,1-4H3. The molecule has 0 saturated heterocycles. The van der Waals surface area contributed by atoms with Crippen molar-refractivity contribution in [3.8, 4) is 0 Å². The van der Waals surface area contributed by atoms with Gasteiger partial charge in [0.2, 0.25) is 0 Å².